The second-order valence-corrected chi connectivity index (χ2v) is 16.5. The van der Waals surface area contributed by atoms with Crippen LogP contribution in [0, 0.1) is 0 Å². The van der Waals surface area contributed by atoms with Crippen LogP contribution in [0.1, 0.15) is 155 Å². The number of carboxylic acid groups (broad SMARTS) is 1. The lowest BCUT2D eigenvalue weighted by atomic mass is 9.91. The summed E-state index contributed by atoms with van der Waals surface area (Å²) in [5.41, 5.74) is 0.926. The molecule has 1 heterocycles. The Kier molecular flexibility index (Phi) is 17.5. The number of unbranched alkanes of at least 4 members (excludes halogenated alkanes) is 4. The molecule has 4 rings (SSSR count). The number of thioether (sulfide) groups is 1. The zero-order valence-electron chi connectivity index (χ0n) is 28.0. The Hall–Kier alpha value is -1.32. The highest BCUT2D eigenvalue weighted by Crippen LogP contribution is 2.34. The number of carboxylic acids is 1. The number of aromatic nitrogens is 1. The van der Waals surface area contributed by atoms with E-state index in [-0.39, 0.29) is 6.03 Å². The molecule has 0 atom stereocenters. The van der Waals surface area contributed by atoms with Gasteiger partial charge in [0.05, 0.1) is 5.69 Å². The van der Waals surface area contributed by atoms with E-state index in [0.29, 0.717) is 19.0 Å². The van der Waals surface area contributed by atoms with Crippen LogP contribution in [-0.2, 0) is 11.2 Å². The summed E-state index contributed by atoms with van der Waals surface area (Å²) in [4.78, 5) is 30.9. The van der Waals surface area contributed by atoms with E-state index in [4.69, 9.17) is 0 Å². The van der Waals surface area contributed by atoms with E-state index in [1.165, 1.54) is 126 Å². The van der Waals surface area contributed by atoms with Crippen molar-refractivity contribution in [3.63, 3.8) is 0 Å². The number of carbonyl (C=O) groups is 2. The third kappa shape index (κ3) is 14.4. The lowest BCUT2D eigenvalue weighted by Crippen LogP contribution is -2.46. The average Bonchev–Trinajstić information content (AvgIpc) is 3.46. The van der Waals surface area contributed by atoms with Crippen molar-refractivity contribution in [1.82, 2.24) is 20.5 Å². The van der Waals surface area contributed by atoms with Crippen LogP contribution in [0.25, 0.3) is 0 Å². The number of carbonyl (C=O) groups excluding carboxylic acids is 1. The summed E-state index contributed by atoms with van der Waals surface area (Å²) < 4.78 is -0.139. The molecular formula is C35H62N4O3S2. The number of rotatable bonds is 15. The molecule has 1 aromatic rings. The van der Waals surface area contributed by atoms with Crippen molar-refractivity contribution in [2.75, 3.05) is 13.1 Å². The van der Waals surface area contributed by atoms with Crippen molar-refractivity contribution in [2.24, 2.45) is 0 Å². The molecule has 0 aliphatic heterocycles. The molecule has 252 valence electrons. The Bertz CT molecular complexity index is 922. The average molecular weight is 651 g/mol. The van der Waals surface area contributed by atoms with Crippen LogP contribution in [0.5, 0.6) is 0 Å². The normalized spacial score (nSPS) is 18.8. The highest BCUT2D eigenvalue weighted by atomic mass is 32.2. The molecule has 0 bridgehead atoms. The van der Waals surface area contributed by atoms with Crippen LogP contribution in [-0.4, -0.2) is 63.0 Å². The summed E-state index contributed by atoms with van der Waals surface area (Å²) in [5, 5.41) is 18.4. The minimum Gasteiger partial charge on any atom is -0.480 e. The molecule has 3 N–H and O–H groups in total. The van der Waals surface area contributed by atoms with Crippen LogP contribution >= 0.6 is 23.1 Å². The van der Waals surface area contributed by atoms with E-state index in [0.717, 1.165) is 54.3 Å². The number of nitrogens with zero attached hydrogens (tertiary/aromatic N) is 2. The topological polar surface area (TPSA) is 94.6 Å². The molecule has 3 aliphatic rings. The van der Waals surface area contributed by atoms with E-state index < -0.39 is 10.7 Å². The van der Waals surface area contributed by atoms with Crippen molar-refractivity contribution in [2.45, 2.75) is 183 Å². The highest BCUT2D eigenvalue weighted by molar-refractivity contribution is 8.03. The fourth-order valence-corrected chi connectivity index (χ4v) is 8.79. The third-order valence-electron chi connectivity index (χ3n) is 9.46. The van der Waals surface area contributed by atoms with Gasteiger partial charge in [0.1, 0.15) is 4.75 Å². The van der Waals surface area contributed by atoms with Crippen molar-refractivity contribution in [3.05, 3.63) is 11.1 Å². The van der Waals surface area contributed by atoms with Gasteiger partial charge in [-0.05, 0) is 58.8 Å². The first kappa shape index (κ1) is 37.1. The van der Waals surface area contributed by atoms with Crippen molar-refractivity contribution in [3.8, 4) is 0 Å². The van der Waals surface area contributed by atoms with E-state index in [9.17, 15) is 14.7 Å². The number of amides is 2. The van der Waals surface area contributed by atoms with Crippen LogP contribution in [0.15, 0.2) is 9.72 Å². The smallest absolute Gasteiger partial charge is 0.319 e. The molecule has 3 fully saturated rings. The Morgan fingerprint density at radius 1 is 0.864 bits per heavy atom. The molecule has 7 nitrogen and oxygen atoms in total. The summed E-state index contributed by atoms with van der Waals surface area (Å²) >= 11 is 2.75. The Morgan fingerprint density at radius 3 is 1.95 bits per heavy atom. The molecule has 0 unspecified atom stereocenters. The standard InChI is InChI=1S/C23H39N3O3S2.C12H23N/c1-4-5-6-7-11-15-26(21(29)24-18-12-9-8-10-13-18)16-14-19-17-30-22(25-19)31-23(2,3)20(27)28;1-3-7-11(8-4-1)13-12-9-5-2-6-10-12/h17-18H,4-16H2,1-3H3,(H,24,29)(H,27,28);11-13H,1-10H2. The van der Waals surface area contributed by atoms with Gasteiger partial charge < -0.3 is 20.6 Å². The summed E-state index contributed by atoms with van der Waals surface area (Å²) in [6.07, 6.45) is 27.0. The van der Waals surface area contributed by atoms with Gasteiger partial charge >= 0.3 is 12.0 Å². The summed E-state index contributed by atoms with van der Waals surface area (Å²) in [6, 6.07) is 2.11. The second kappa shape index (κ2) is 20.7. The zero-order chi connectivity index (χ0) is 31.6. The summed E-state index contributed by atoms with van der Waals surface area (Å²) in [5.74, 6) is -0.845. The number of hydrogen-bond donors (Lipinski definition) is 3. The molecule has 44 heavy (non-hydrogen) atoms. The van der Waals surface area contributed by atoms with E-state index in [2.05, 4.69) is 22.5 Å². The van der Waals surface area contributed by atoms with Crippen molar-refractivity contribution < 1.29 is 14.7 Å². The van der Waals surface area contributed by atoms with Gasteiger partial charge in [0.25, 0.3) is 0 Å². The molecule has 0 aromatic carbocycles. The first-order chi connectivity index (χ1) is 21.3. The van der Waals surface area contributed by atoms with Gasteiger partial charge in [-0.1, -0.05) is 102 Å². The number of thiazole rings is 1. The molecule has 3 aliphatic carbocycles. The minimum atomic E-state index is -0.903. The maximum Gasteiger partial charge on any atom is 0.319 e. The van der Waals surface area contributed by atoms with Gasteiger partial charge in [-0.2, -0.15) is 0 Å². The van der Waals surface area contributed by atoms with Gasteiger partial charge in [0.2, 0.25) is 0 Å². The Labute approximate surface area is 276 Å². The fraction of sp³-hybridized carbons (Fsp3) is 0.857. The fourth-order valence-electron chi connectivity index (χ4n) is 6.57. The Morgan fingerprint density at radius 2 is 1.41 bits per heavy atom. The quantitative estimate of drug-likeness (QED) is 0.129. The van der Waals surface area contributed by atoms with Crippen LogP contribution < -0.4 is 10.6 Å². The van der Waals surface area contributed by atoms with Gasteiger partial charge in [-0.3, -0.25) is 4.79 Å². The maximum absolute atomic E-state index is 12.9. The summed E-state index contributed by atoms with van der Waals surface area (Å²) in [7, 11) is 0. The minimum absolute atomic E-state index is 0.0548. The van der Waals surface area contributed by atoms with Crippen molar-refractivity contribution in [1.29, 1.82) is 0 Å². The van der Waals surface area contributed by atoms with Gasteiger partial charge in [-0.25, -0.2) is 9.78 Å². The van der Waals surface area contributed by atoms with Crippen LogP contribution in [0.2, 0.25) is 0 Å². The highest BCUT2D eigenvalue weighted by Gasteiger charge is 2.30. The van der Waals surface area contributed by atoms with Crippen LogP contribution in [0.3, 0.4) is 0 Å². The second-order valence-electron chi connectivity index (χ2n) is 13.8. The van der Waals surface area contributed by atoms with Gasteiger partial charge in [0, 0.05) is 43.0 Å². The zero-order valence-corrected chi connectivity index (χ0v) is 29.7. The lowest BCUT2D eigenvalue weighted by Gasteiger charge is -2.30. The lowest BCUT2D eigenvalue weighted by molar-refractivity contribution is -0.138. The molecule has 0 spiro atoms. The number of hydrogen-bond acceptors (Lipinski definition) is 6. The van der Waals surface area contributed by atoms with Gasteiger partial charge in [0.15, 0.2) is 4.34 Å². The number of aliphatic carboxylic acids is 1. The predicted octanol–water partition coefficient (Wildman–Crippen LogP) is 9.20. The molecule has 9 heteroatoms. The SMILES string of the molecule is C1CCC(NC2CCCCC2)CC1.CCCCCCCN(CCc1csc(SC(C)(C)C(=O)O)n1)C(=O)NC1CCCCC1. The molecule has 3 saturated carbocycles. The molecular weight excluding hydrogens is 589 g/mol. The van der Waals surface area contributed by atoms with E-state index in [1.54, 1.807) is 13.8 Å². The first-order valence-electron chi connectivity index (χ1n) is 17.9. The third-order valence-corrected chi connectivity index (χ3v) is 11.6. The van der Waals surface area contributed by atoms with E-state index >= 15 is 0 Å². The number of nitrogens with one attached hydrogen (secondary N) is 2. The largest absolute Gasteiger partial charge is 0.480 e. The molecule has 0 radical (unpaired) electrons. The predicted molar refractivity (Wildman–Crippen MR) is 186 cm³/mol. The van der Waals surface area contributed by atoms with Crippen LogP contribution in [0.4, 0.5) is 4.79 Å². The van der Waals surface area contributed by atoms with Gasteiger partial charge in [-0.15, -0.1) is 11.3 Å². The first-order valence-corrected chi connectivity index (χ1v) is 19.6. The van der Waals surface area contributed by atoms with Crippen molar-refractivity contribution >= 4 is 35.1 Å². The maximum atomic E-state index is 12.9. The molecule has 2 amide bonds. The summed E-state index contributed by atoms with van der Waals surface area (Å²) in [6.45, 7) is 7.01. The number of urea groups is 1. The Balaban J connectivity index is 0.000000335. The monoisotopic (exact) mass is 650 g/mol. The van der Waals surface area contributed by atoms with E-state index in [1.807, 2.05) is 10.3 Å². The molecule has 1 aromatic heterocycles. The molecule has 0 saturated heterocycles.